The number of hydrogen-bond acceptors (Lipinski definition) is 3. The van der Waals surface area contributed by atoms with Crippen LogP contribution in [-0.2, 0) is 4.79 Å². The number of halogens is 3. The molecule has 0 spiro atoms. The highest BCUT2D eigenvalue weighted by atomic mass is 32.2. The Balaban J connectivity index is 1.90. The van der Waals surface area contributed by atoms with E-state index in [0.29, 0.717) is 28.3 Å². The van der Waals surface area contributed by atoms with Gasteiger partial charge in [-0.25, -0.2) is 17.9 Å². The van der Waals surface area contributed by atoms with Crippen molar-refractivity contribution >= 4 is 23.5 Å². The number of anilines is 1. The Kier molecular flexibility index (Phi) is 4.43. The van der Waals surface area contributed by atoms with Crippen LogP contribution < -0.4 is 5.32 Å². The van der Waals surface area contributed by atoms with Crippen molar-refractivity contribution in [3.63, 3.8) is 0 Å². The summed E-state index contributed by atoms with van der Waals surface area (Å²) in [6.45, 7) is 1.76. The molecule has 1 N–H and O–H groups in total. The summed E-state index contributed by atoms with van der Waals surface area (Å²) in [5.74, 6) is -1.45. The van der Waals surface area contributed by atoms with Crippen molar-refractivity contribution in [2.75, 3.05) is 11.1 Å². The summed E-state index contributed by atoms with van der Waals surface area (Å²) in [5, 5.41) is 6.81. The third-order valence-corrected chi connectivity index (χ3v) is 5.54. The van der Waals surface area contributed by atoms with Crippen LogP contribution in [0.5, 0.6) is 0 Å². The average molecular weight is 389 g/mol. The largest absolute Gasteiger partial charge is 0.310 e. The molecule has 3 aromatic rings. The summed E-state index contributed by atoms with van der Waals surface area (Å²) in [5.41, 5.74) is 2.26. The van der Waals surface area contributed by atoms with Crippen molar-refractivity contribution in [3.8, 4) is 5.69 Å². The zero-order valence-corrected chi connectivity index (χ0v) is 15.0. The second-order valence-corrected chi connectivity index (χ2v) is 7.27. The van der Waals surface area contributed by atoms with Crippen LogP contribution in [0.3, 0.4) is 0 Å². The molecule has 0 saturated heterocycles. The maximum absolute atomic E-state index is 13.8. The summed E-state index contributed by atoms with van der Waals surface area (Å²) in [6.07, 6.45) is 0. The summed E-state index contributed by atoms with van der Waals surface area (Å²) in [7, 11) is 0. The molecule has 0 radical (unpaired) electrons. The van der Waals surface area contributed by atoms with Gasteiger partial charge in [0.25, 0.3) is 0 Å². The zero-order valence-electron chi connectivity index (χ0n) is 14.2. The first-order valence-electron chi connectivity index (χ1n) is 8.15. The number of rotatable bonds is 2. The van der Waals surface area contributed by atoms with Crippen LogP contribution in [0, 0.1) is 24.4 Å². The predicted molar refractivity (Wildman–Crippen MR) is 97.5 cm³/mol. The minimum atomic E-state index is -0.681. The molecule has 1 aliphatic rings. The van der Waals surface area contributed by atoms with Crippen LogP contribution >= 0.6 is 11.8 Å². The number of benzene rings is 2. The molecule has 2 heterocycles. The fourth-order valence-electron chi connectivity index (χ4n) is 3.14. The molecule has 1 unspecified atom stereocenters. The lowest BCUT2D eigenvalue weighted by molar-refractivity contribution is -0.113. The quantitative estimate of drug-likeness (QED) is 0.708. The number of carbonyl (C=O) groups excluding carboxylic acids is 1. The summed E-state index contributed by atoms with van der Waals surface area (Å²) < 4.78 is 42.3. The van der Waals surface area contributed by atoms with Crippen LogP contribution in [0.4, 0.5) is 19.0 Å². The Morgan fingerprint density at radius 2 is 1.74 bits per heavy atom. The van der Waals surface area contributed by atoms with E-state index < -0.39 is 16.9 Å². The van der Waals surface area contributed by atoms with Gasteiger partial charge in [-0.3, -0.25) is 4.79 Å². The highest BCUT2D eigenvalue weighted by molar-refractivity contribution is 8.00. The van der Waals surface area contributed by atoms with Gasteiger partial charge in [0.05, 0.1) is 22.4 Å². The third-order valence-electron chi connectivity index (χ3n) is 4.27. The number of nitrogens with one attached hydrogen (secondary N) is 1. The molecule has 1 aromatic heterocycles. The number of hydrogen-bond donors (Lipinski definition) is 1. The molecule has 0 fully saturated rings. The topological polar surface area (TPSA) is 46.9 Å². The minimum absolute atomic E-state index is 0.125. The number of fused-ring (bicyclic) bond motifs is 1. The summed E-state index contributed by atoms with van der Waals surface area (Å²) in [6, 6.07) is 9.01. The number of carbonyl (C=O) groups is 1. The first kappa shape index (κ1) is 17.7. The average Bonchev–Trinajstić information content (AvgIpc) is 2.81. The van der Waals surface area contributed by atoms with Gasteiger partial charge in [-0.1, -0.05) is 0 Å². The molecule has 138 valence electrons. The van der Waals surface area contributed by atoms with E-state index in [2.05, 4.69) is 10.4 Å². The van der Waals surface area contributed by atoms with Crippen LogP contribution in [-0.4, -0.2) is 21.4 Å². The van der Waals surface area contributed by atoms with E-state index >= 15 is 0 Å². The van der Waals surface area contributed by atoms with Crippen molar-refractivity contribution in [3.05, 3.63) is 76.7 Å². The molecule has 1 atom stereocenters. The smallest absolute Gasteiger partial charge is 0.235 e. The van der Waals surface area contributed by atoms with Crippen molar-refractivity contribution < 1.29 is 18.0 Å². The SMILES string of the molecule is Cc1nn(-c2ccc(F)cc2)c2c1C(c1cc(F)cc(F)c1)SCC(=O)N2. The van der Waals surface area contributed by atoms with Gasteiger partial charge in [-0.2, -0.15) is 5.10 Å². The van der Waals surface area contributed by atoms with E-state index in [9.17, 15) is 18.0 Å². The van der Waals surface area contributed by atoms with Gasteiger partial charge in [0.15, 0.2) is 0 Å². The Labute approximate surface area is 157 Å². The maximum Gasteiger partial charge on any atom is 0.235 e. The molecule has 2 aromatic carbocycles. The van der Waals surface area contributed by atoms with E-state index in [0.717, 1.165) is 6.07 Å². The molecular weight excluding hydrogens is 375 g/mol. The van der Waals surface area contributed by atoms with Gasteiger partial charge in [0, 0.05) is 11.6 Å². The van der Waals surface area contributed by atoms with Crippen molar-refractivity contribution in [2.24, 2.45) is 0 Å². The Bertz CT molecular complexity index is 1010. The maximum atomic E-state index is 13.8. The molecule has 4 rings (SSSR count). The molecule has 27 heavy (non-hydrogen) atoms. The normalized spacial score (nSPS) is 16.6. The van der Waals surface area contributed by atoms with Gasteiger partial charge in [-0.15, -0.1) is 11.8 Å². The highest BCUT2D eigenvalue weighted by Gasteiger charge is 2.31. The van der Waals surface area contributed by atoms with E-state index in [1.807, 2.05) is 0 Å². The van der Waals surface area contributed by atoms with Gasteiger partial charge >= 0.3 is 0 Å². The lowest BCUT2D eigenvalue weighted by Gasteiger charge is -2.15. The second-order valence-electron chi connectivity index (χ2n) is 6.18. The van der Waals surface area contributed by atoms with Gasteiger partial charge in [0.2, 0.25) is 5.91 Å². The van der Waals surface area contributed by atoms with Crippen LogP contribution in [0.15, 0.2) is 42.5 Å². The molecule has 1 amide bonds. The van der Waals surface area contributed by atoms with Crippen molar-refractivity contribution in [1.82, 2.24) is 9.78 Å². The molecule has 8 heteroatoms. The van der Waals surface area contributed by atoms with E-state index in [4.69, 9.17) is 0 Å². The Morgan fingerprint density at radius 1 is 1.07 bits per heavy atom. The number of thioether (sulfide) groups is 1. The first-order valence-corrected chi connectivity index (χ1v) is 9.20. The molecule has 1 aliphatic heterocycles. The minimum Gasteiger partial charge on any atom is -0.310 e. The van der Waals surface area contributed by atoms with E-state index in [1.165, 1.54) is 40.7 Å². The standard InChI is InChI=1S/C19H14F3N3OS/c1-10-17-18(11-6-13(21)8-14(22)7-11)27-9-16(26)23-19(17)25(24-10)15-4-2-12(20)3-5-15/h2-8,18H,9H2,1H3,(H,23,26). The lowest BCUT2D eigenvalue weighted by atomic mass is 10.0. The zero-order chi connectivity index (χ0) is 19.1. The number of aryl methyl sites for hydroxylation is 1. The molecular formula is C19H14F3N3OS. The van der Waals surface area contributed by atoms with Crippen molar-refractivity contribution in [1.29, 1.82) is 0 Å². The molecule has 0 saturated carbocycles. The van der Waals surface area contributed by atoms with E-state index in [-0.39, 0.29) is 17.5 Å². The molecule has 4 nitrogen and oxygen atoms in total. The van der Waals surface area contributed by atoms with Crippen LogP contribution in [0.2, 0.25) is 0 Å². The Hall–Kier alpha value is -2.74. The van der Waals surface area contributed by atoms with Crippen LogP contribution in [0.1, 0.15) is 22.1 Å². The third kappa shape index (κ3) is 3.32. The Morgan fingerprint density at radius 3 is 2.41 bits per heavy atom. The highest BCUT2D eigenvalue weighted by Crippen LogP contribution is 2.44. The molecule has 0 bridgehead atoms. The van der Waals surface area contributed by atoms with Crippen LogP contribution in [0.25, 0.3) is 5.69 Å². The number of nitrogens with zero attached hydrogens (tertiary/aromatic N) is 2. The number of amides is 1. The van der Waals surface area contributed by atoms with Crippen molar-refractivity contribution in [2.45, 2.75) is 12.2 Å². The van der Waals surface area contributed by atoms with Gasteiger partial charge in [0.1, 0.15) is 23.3 Å². The predicted octanol–water partition coefficient (Wildman–Crippen LogP) is 4.37. The lowest BCUT2D eigenvalue weighted by Crippen LogP contribution is -2.15. The van der Waals surface area contributed by atoms with E-state index in [1.54, 1.807) is 19.1 Å². The van der Waals surface area contributed by atoms with Gasteiger partial charge in [-0.05, 0) is 48.9 Å². The fraction of sp³-hybridized carbons (Fsp3) is 0.158. The monoisotopic (exact) mass is 389 g/mol. The second kappa shape index (κ2) is 6.77. The first-order chi connectivity index (χ1) is 12.9. The summed E-state index contributed by atoms with van der Waals surface area (Å²) in [4.78, 5) is 12.2. The summed E-state index contributed by atoms with van der Waals surface area (Å²) >= 11 is 1.27. The number of aromatic nitrogens is 2. The van der Waals surface area contributed by atoms with Gasteiger partial charge < -0.3 is 5.32 Å². The molecule has 0 aliphatic carbocycles. The fourth-order valence-corrected chi connectivity index (χ4v) is 4.31.